The van der Waals surface area contributed by atoms with Gasteiger partial charge in [-0.3, -0.25) is 13.9 Å². The van der Waals surface area contributed by atoms with E-state index in [1.165, 1.54) is 12.1 Å². The van der Waals surface area contributed by atoms with E-state index in [9.17, 15) is 23.5 Å². The number of amidine groups is 1. The van der Waals surface area contributed by atoms with E-state index in [4.69, 9.17) is 11.6 Å². The molecule has 146 valence electrons. The maximum Gasteiger partial charge on any atom is 0.258 e. The Hall–Kier alpha value is -2.10. The smallest absolute Gasteiger partial charge is 0.258 e. The lowest BCUT2D eigenvalue weighted by Gasteiger charge is -2.25. The molecule has 0 aliphatic carbocycles. The zero-order valence-electron chi connectivity index (χ0n) is 13.1. The van der Waals surface area contributed by atoms with Crippen LogP contribution in [0.1, 0.15) is 5.69 Å². The van der Waals surface area contributed by atoms with Crippen LogP contribution in [0.15, 0.2) is 33.0 Å². The van der Waals surface area contributed by atoms with Gasteiger partial charge in [-0.05, 0) is 28.5 Å². The Kier molecular flexibility index (Phi) is 5.73. The molecule has 11 nitrogen and oxygen atoms in total. The second-order valence-corrected chi connectivity index (χ2v) is 8.07. The van der Waals surface area contributed by atoms with Crippen molar-refractivity contribution in [1.82, 2.24) is 19.8 Å². The molecule has 0 unspecified atom stereocenters. The lowest BCUT2D eigenvalue weighted by molar-refractivity contribution is -0.119. The molecule has 1 amide bonds. The van der Waals surface area contributed by atoms with Gasteiger partial charge in [0.25, 0.3) is 5.91 Å². The predicted molar refractivity (Wildman–Crippen MR) is 96.3 cm³/mol. The average molecular weight is 439 g/mol. The zero-order valence-corrected chi connectivity index (χ0v) is 15.5. The average Bonchev–Trinajstić information content (AvgIpc) is 3.17. The minimum absolute atomic E-state index is 0.0213. The second kappa shape index (κ2) is 7.87. The number of amides is 1. The minimum Gasteiger partial charge on any atom is -0.409 e. The van der Waals surface area contributed by atoms with Crippen molar-refractivity contribution in [3.05, 3.63) is 34.7 Å². The highest BCUT2D eigenvalue weighted by Gasteiger charge is 2.35. The van der Waals surface area contributed by atoms with Gasteiger partial charge in [0.2, 0.25) is 5.84 Å². The van der Waals surface area contributed by atoms with E-state index in [1.54, 1.807) is 0 Å². The van der Waals surface area contributed by atoms with Crippen LogP contribution in [0, 0.1) is 5.82 Å². The molecule has 1 atom stereocenters. The molecule has 1 aromatic heterocycles. The van der Waals surface area contributed by atoms with Crippen molar-refractivity contribution in [1.29, 1.82) is 0 Å². The molecule has 3 rings (SSSR count). The summed E-state index contributed by atoms with van der Waals surface area (Å²) >= 11 is 6.70. The SMILES string of the molecule is O=C1NS(O)(O)N[C@H]1CSc1nonc1/C(=N/O)Nc1ccc(F)c(Cl)c1. The highest BCUT2D eigenvalue weighted by atomic mass is 35.5. The van der Waals surface area contributed by atoms with Crippen molar-refractivity contribution >= 4 is 51.8 Å². The third kappa shape index (κ3) is 4.60. The lowest BCUT2D eigenvalue weighted by atomic mass is 10.3. The van der Waals surface area contributed by atoms with Gasteiger partial charge in [0.1, 0.15) is 11.9 Å². The number of nitrogens with one attached hydrogen (secondary N) is 3. The number of hydrogen-bond acceptors (Lipinski definition) is 10. The molecule has 2 aromatic rings. The Labute approximate surface area is 161 Å². The number of aromatic nitrogens is 2. The number of nitrogens with zero attached hydrogens (tertiary/aromatic N) is 3. The van der Waals surface area contributed by atoms with Crippen molar-refractivity contribution in [3.63, 3.8) is 0 Å². The fourth-order valence-electron chi connectivity index (χ4n) is 2.03. The van der Waals surface area contributed by atoms with Gasteiger partial charge in [-0.2, -0.15) is 4.72 Å². The molecule has 0 spiro atoms. The Balaban J connectivity index is 1.71. The first-order valence-corrected chi connectivity index (χ1v) is 9.97. The molecule has 0 radical (unpaired) electrons. The number of halogens is 2. The number of anilines is 1. The van der Waals surface area contributed by atoms with Crippen LogP contribution in [-0.2, 0) is 4.79 Å². The summed E-state index contributed by atoms with van der Waals surface area (Å²) in [6, 6.07) is 2.88. The van der Waals surface area contributed by atoms with E-state index >= 15 is 0 Å². The molecule has 1 fully saturated rings. The normalized spacial score (nSPS) is 20.4. The summed E-state index contributed by atoms with van der Waals surface area (Å²) in [5.74, 6) is -1.30. The number of carbonyl (C=O) groups excluding carboxylic acids is 1. The van der Waals surface area contributed by atoms with Crippen LogP contribution in [0.25, 0.3) is 0 Å². The molecule has 1 saturated heterocycles. The molecule has 1 aliphatic rings. The summed E-state index contributed by atoms with van der Waals surface area (Å²) < 4.78 is 41.1. The summed E-state index contributed by atoms with van der Waals surface area (Å²) in [5, 5.41) is 22.4. The van der Waals surface area contributed by atoms with Crippen LogP contribution in [0.2, 0.25) is 5.02 Å². The van der Waals surface area contributed by atoms with Crippen LogP contribution in [0.3, 0.4) is 0 Å². The van der Waals surface area contributed by atoms with Crippen molar-refractivity contribution in [3.8, 4) is 0 Å². The molecule has 2 heterocycles. The van der Waals surface area contributed by atoms with E-state index in [-0.39, 0.29) is 27.3 Å². The van der Waals surface area contributed by atoms with Gasteiger partial charge >= 0.3 is 0 Å². The number of thioether (sulfide) groups is 1. The largest absolute Gasteiger partial charge is 0.409 e. The number of oxime groups is 1. The van der Waals surface area contributed by atoms with Gasteiger partial charge in [-0.25, -0.2) is 13.7 Å². The van der Waals surface area contributed by atoms with Crippen LogP contribution in [-0.4, -0.2) is 48.2 Å². The predicted octanol–water partition coefficient (Wildman–Crippen LogP) is 1.87. The number of hydrogen-bond donors (Lipinski definition) is 6. The molecule has 1 aromatic carbocycles. The van der Waals surface area contributed by atoms with Gasteiger partial charge in [0, 0.05) is 11.4 Å². The Morgan fingerprint density at radius 3 is 2.89 bits per heavy atom. The quantitative estimate of drug-likeness (QED) is 0.133. The first-order chi connectivity index (χ1) is 12.8. The van der Waals surface area contributed by atoms with Crippen molar-refractivity contribution in [2.75, 3.05) is 11.1 Å². The number of rotatable bonds is 5. The molecule has 0 saturated carbocycles. The second-order valence-electron chi connectivity index (χ2n) is 5.12. The highest BCUT2D eigenvalue weighted by molar-refractivity contribution is 8.21. The zero-order chi connectivity index (χ0) is 19.6. The Bertz CT molecular complexity index is 897. The molecule has 15 heteroatoms. The first-order valence-electron chi connectivity index (χ1n) is 7.06. The molecular formula is C12H12ClFN6O5S2. The van der Waals surface area contributed by atoms with Gasteiger partial charge in [-0.15, -0.1) is 0 Å². The highest BCUT2D eigenvalue weighted by Crippen LogP contribution is 2.35. The van der Waals surface area contributed by atoms with Crippen LogP contribution < -0.4 is 14.8 Å². The van der Waals surface area contributed by atoms with Crippen LogP contribution >= 0.6 is 34.3 Å². The summed E-state index contributed by atoms with van der Waals surface area (Å²) in [6.07, 6.45) is 0. The summed E-state index contributed by atoms with van der Waals surface area (Å²) in [7, 11) is -3.36. The Morgan fingerprint density at radius 1 is 1.48 bits per heavy atom. The molecular weight excluding hydrogens is 427 g/mol. The monoisotopic (exact) mass is 438 g/mol. The van der Waals surface area contributed by atoms with Crippen molar-refractivity contribution in [2.24, 2.45) is 5.16 Å². The topological polar surface area (TPSA) is 165 Å². The van der Waals surface area contributed by atoms with E-state index in [0.717, 1.165) is 17.8 Å². The van der Waals surface area contributed by atoms with E-state index in [1.807, 2.05) is 4.72 Å². The van der Waals surface area contributed by atoms with Gasteiger partial charge in [0.05, 0.1) is 5.02 Å². The molecule has 6 N–H and O–H groups in total. The van der Waals surface area contributed by atoms with Crippen LogP contribution in [0.4, 0.5) is 10.1 Å². The summed E-state index contributed by atoms with van der Waals surface area (Å²) in [6.45, 7) is 0. The molecule has 1 aliphatic heterocycles. The maximum atomic E-state index is 13.2. The van der Waals surface area contributed by atoms with E-state index in [0.29, 0.717) is 5.69 Å². The fourth-order valence-corrected chi connectivity index (χ4v) is 4.30. The van der Waals surface area contributed by atoms with E-state index in [2.05, 4.69) is 30.1 Å². The first kappa shape index (κ1) is 19.7. The standard InChI is InChI=1S/C12H12ClFN6O5S2/c13-6-3-5(1-2-7(6)14)15-10(16-22)9-12(18-25-17-9)26-4-8-11(21)20-27(23,24)19-8/h1-3,8,19,22-24H,4H2,(H,15,16)(H,20,21)/t8-/m0/s1. The number of benzene rings is 1. The van der Waals surface area contributed by atoms with Crippen molar-refractivity contribution in [2.45, 2.75) is 11.1 Å². The molecule has 0 bridgehead atoms. The Morgan fingerprint density at radius 2 is 2.26 bits per heavy atom. The van der Waals surface area contributed by atoms with Crippen LogP contribution in [0.5, 0.6) is 0 Å². The third-order valence-electron chi connectivity index (χ3n) is 3.22. The third-order valence-corrected chi connectivity index (χ3v) is 5.65. The summed E-state index contributed by atoms with van der Waals surface area (Å²) in [4.78, 5) is 11.7. The molecule has 27 heavy (non-hydrogen) atoms. The minimum atomic E-state index is -3.36. The lowest BCUT2D eigenvalue weighted by Crippen LogP contribution is -2.31. The number of carbonyl (C=O) groups is 1. The van der Waals surface area contributed by atoms with Gasteiger partial charge in [0.15, 0.2) is 10.7 Å². The summed E-state index contributed by atoms with van der Waals surface area (Å²) in [5.41, 5.74) is 0.340. The maximum absolute atomic E-state index is 13.2. The fraction of sp³-hybridized carbons (Fsp3) is 0.167. The van der Waals surface area contributed by atoms with Gasteiger partial charge < -0.3 is 10.5 Å². The van der Waals surface area contributed by atoms with E-state index < -0.39 is 28.7 Å². The van der Waals surface area contributed by atoms with Crippen molar-refractivity contribution < 1.29 is 28.1 Å². The van der Waals surface area contributed by atoms with Gasteiger partial charge in [-0.1, -0.05) is 39.5 Å².